The fourth-order valence-electron chi connectivity index (χ4n) is 6.36. The van der Waals surface area contributed by atoms with E-state index in [9.17, 15) is 19.2 Å². The second kappa shape index (κ2) is 16.3. The van der Waals surface area contributed by atoms with Crippen LogP contribution in [-0.4, -0.2) is 111 Å². The van der Waals surface area contributed by atoms with Crippen molar-refractivity contribution < 1.29 is 37.8 Å². The molecule has 6 rings (SSSR count). The monoisotopic (exact) mass is 762 g/mol. The van der Waals surface area contributed by atoms with Crippen LogP contribution in [-0.2, 0) is 29.7 Å². The molecule has 0 saturated carbocycles. The number of fused-ring (bicyclic) bond motifs is 5. The van der Waals surface area contributed by atoms with Crippen LogP contribution in [0.25, 0.3) is 0 Å². The van der Waals surface area contributed by atoms with E-state index in [1.165, 1.54) is 68.2 Å². The van der Waals surface area contributed by atoms with Crippen molar-refractivity contribution in [1.29, 1.82) is 0 Å². The minimum Gasteiger partial charge on any atom is -0.467 e. The summed E-state index contributed by atoms with van der Waals surface area (Å²) < 4.78 is 33.9. The van der Waals surface area contributed by atoms with E-state index in [-0.39, 0.29) is 85.6 Å². The zero-order chi connectivity index (χ0) is 38.7. The summed E-state index contributed by atoms with van der Waals surface area (Å²) >= 11 is 1.53. The Hall–Kier alpha value is -5.42. The third kappa shape index (κ3) is 8.68. The molecule has 2 aliphatic rings. The van der Waals surface area contributed by atoms with E-state index in [2.05, 4.69) is 34.2 Å². The van der Waals surface area contributed by atoms with Crippen LogP contribution in [0.15, 0.2) is 41.8 Å². The molecule has 286 valence electrons. The molecule has 0 spiro atoms. The van der Waals surface area contributed by atoms with Gasteiger partial charge >= 0.3 is 6.01 Å². The van der Waals surface area contributed by atoms with E-state index in [0.29, 0.717) is 12.0 Å². The number of carbonyl (C=O) groups excluding carboxylic acids is 4. The number of carbonyl (C=O) groups is 4. The first-order valence-electron chi connectivity index (χ1n) is 17.6. The molecule has 0 radical (unpaired) electrons. The molecule has 1 fully saturated rings. The fourth-order valence-corrected chi connectivity index (χ4v) is 7.19. The minimum atomic E-state index is -0.695. The molecule has 2 aromatic heterocycles. The van der Waals surface area contributed by atoms with E-state index < -0.39 is 35.7 Å². The van der Waals surface area contributed by atoms with Gasteiger partial charge in [-0.1, -0.05) is 20.8 Å². The lowest BCUT2D eigenvalue weighted by Crippen LogP contribution is -2.49. The maximum atomic E-state index is 15.0. The molecular weight excluding hydrogens is 720 g/mol. The Morgan fingerprint density at radius 1 is 1.11 bits per heavy atom. The number of hydrogen-bond acceptors (Lipinski definition) is 11. The molecule has 4 bridgehead atoms. The average molecular weight is 763 g/mol. The molecule has 4 amide bonds. The third-order valence-electron chi connectivity index (χ3n) is 8.95. The van der Waals surface area contributed by atoms with Crippen molar-refractivity contribution in [1.82, 2.24) is 39.8 Å². The topological polar surface area (TPSA) is 161 Å². The number of nitrogens with one attached hydrogen (secondary N) is 1. The van der Waals surface area contributed by atoms with Gasteiger partial charge in [-0.05, 0) is 42.3 Å². The number of aromatic nitrogens is 4. The molecule has 4 heterocycles. The van der Waals surface area contributed by atoms with Crippen LogP contribution >= 0.6 is 11.3 Å². The normalized spacial score (nSPS) is 17.6. The second-order valence-electron chi connectivity index (χ2n) is 13.6. The maximum absolute atomic E-state index is 15.0. The Balaban J connectivity index is 1.31. The van der Waals surface area contributed by atoms with Crippen LogP contribution in [0.1, 0.15) is 80.7 Å². The molecule has 2 aromatic carbocycles. The van der Waals surface area contributed by atoms with E-state index in [1.54, 1.807) is 20.2 Å². The Kier molecular flexibility index (Phi) is 11.6. The SMILES string of the molecule is CCCN1CC(=O)N[C@@H]2CN(C(=O)c3nc(OC)n(C)n3)C[C@H]2OCc2cc(F)cc(c2)Oc2cc(C(=O)N(C)Cc3csc(C(C)C)n3)cc(c2)C1=O. The number of likely N-dealkylation sites (tertiary alicyclic amines) is 1. The van der Waals surface area contributed by atoms with Gasteiger partial charge in [-0.15, -0.1) is 16.4 Å². The zero-order valence-corrected chi connectivity index (χ0v) is 31.8. The van der Waals surface area contributed by atoms with E-state index in [0.717, 1.165) is 10.7 Å². The van der Waals surface area contributed by atoms with Gasteiger partial charge in [0.25, 0.3) is 17.7 Å². The van der Waals surface area contributed by atoms with Crippen LogP contribution in [0.2, 0.25) is 0 Å². The van der Waals surface area contributed by atoms with Crippen LogP contribution in [0.4, 0.5) is 4.39 Å². The number of thiazole rings is 1. The molecular formula is C37H43FN8O7S. The third-order valence-corrected chi connectivity index (χ3v) is 10.1. The summed E-state index contributed by atoms with van der Waals surface area (Å²) in [6.07, 6.45) is -0.154. The van der Waals surface area contributed by atoms with E-state index in [1.807, 2.05) is 12.3 Å². The summed E-state index contributed by atoms with van der Waals surface area (Å²) in [7, 11) is 4.66. The zero-order valence-electron chi connectivity index (χ0n) is 31.0. The minimum absolute atomic E-state index is 0.0652. The highest BCUT2D eigenvalue weighted by Crippen LogP contribution is 2.29. The van der Waals surface area contributed by atoms with Gasteiger partial charge in [0, 0.05) is 62.2 Å². The van der Waals surface area contributed by atoms with E-state index >= 15 is 4.39 Å². The van der Waals surface area contributed by atoms with Crippen molar-refractivity contribution in [3.63, 3.8) is 0 Å². The first kappa shape index (κ1) is 38.3. The number of ether oxygens (including phenoxy) is 3. The highest BCUT2D eigenvalue weighted by Gasteiger charge is 2.39. The molecule has 2 atom stereocenters. The molecule has 2 aliphatic heterocycles. The molecule has 17 heteroatoms. The summed E-state index contributed by atoms with van der Waals surface area (Å²) in [4.78, 5) is 68.2. The lowest BCUT2D eigenvalue weighted by Gasteiger charge is -2.25. The summed E-state index contributed by atoms with van der Waals surface area (Å²) in [6, 6.07) is 7.99. The predicted octanol–water partition coefficient (Wildman–Crippen LogP) is 4.00. The van der Waals surface area contributed by atoms with Crippen molar-refractivity contribution in [2.75, 3.05) is 40.3 Å². The lowest BCUT2D eigenvalue weighted by atomic mass is 10.1. The standard InChI is InChI=1S/C37H43FN8O7S/c1-7-8-45-18-31(47)40-29-16-46(36(50)32-41-37(51-6)44(5)42-32)17-30(29)52-19-22-9-25(38)14-27(10-22)53-28-12-23(11-24(13-28)35(45)49)34(48)43(4)15-26-20-54-33(39-26)21(2)3/h9-14,20-21,29-30H,7-8,15-19H2,1-6H3,(H,40,47)/t29-,30-/m1/s1. The molecule has 0 aliphatic carbocycles. The first-order chi connectivity index (χ1) is 25.8. The average Bonchev–Trinajstić information content (AvgIpc) is 3.87. The Labute approximate surface area is 316 Å². The molecule has 4 aromatic rings. The summed E-state index contributed by atoms with van der Waals surface area (Å²) in [5, 5.41) is 9.98. The lowest BCUT2D eigenvalue weighted by molar-refractivity contribution is -0.123. The highest BCUT2D eigenvalue weighted by atomic mass is 32.1. The van der Waals surface area contributed by atoms with Crippen LogP contribution in [0.3, 0.4) is 0 Å². The van der Waals surface area contributed by atoms with Gasteiger partial charge in [0.2, 0.25) is 11.7 Å². The largest absolute Gasteiger partial charge is 0.467 e. The maximum Gasteiger partial charge on any atom is 0.314 e. The Bertz CT molecular complexity index is 2050. The van der Waals surface area contributed by atoms with Crippen LogP contribution in [0, 0.1) is 5.82 Å². The molecule has 15 nitrogen and oxygen atoms in total. The van der Waals surface area contributed by atoms with E-state index in [4.69, 9.17) is 14.2 Å². The number of hydrogen-bond donors (Lipinski definition) is 1. The number of rotatable bonds is 8. The van der Waals surface area contributed by atoms with Gasteiger partial charge in [-0.25, -0.2) is 14.1 Å². The molecule has 1 saturated heterocycles. The van der Waals surface area contributed by atoms with Gasteiger partial charge in [-0.3, -0.25) is 19.2 Å². The van der Waals surface area contributed by atoms with Crippen molar-refractivity contribution >= 4 is 35.0 Å². The molecule has 54 heavy (non-hydrogen) atoms. The quantitative estimate of drug-likeness (QED) is 0.278. The first-order valence-corrected chi connectivity index (χ1v) is 18.5. The van der Waals surface area contributed by atoms with Gasteiger partial charge in [0.1, 0.15) is 17.3 Å². The second-order valence-corrected chi connectivity index (χ2v) is 14.5. The number of methoxy groups -OCH3 is 1. The highest BCUT2D eigenvalue weighted by molar-refractivity contribution is 7.09. The Morgan fingerprint density at radius 3 is 2.59 bits per heavy atom. The number of benzene rings is 2. The van der Waals surface area contributed by atoms with Gasteiger partial charge in [0.15, 0.2) is 0 Å². The molecule has 1 N–H and O–H groups in total. The van der Waals surface area contributed by atoms with Crippen LogP contribution < -0.4 is 14.8 Å². The predicted molar refractivity (Wildman–Crippen MR) is 195 cm³/mol. The van der Waals surface area contributed by atoms with Crippen molar-refractivity contribution in [2.24, 2.45) is 7.05 Å². The summed E-state index contributed by atoms with van der Waals surface area (Å²) in [5.41, 5.74) is 1.44. The number of aryl methyl sites for hydroxylation is 1. The Morgan fingerprint density at radius 2 is 1.89 bits per heavy atom. The fraction of sp³-hybridized carbons (Fsp3) is 0.432. The van der Waals surface area contributed by atoms with Crippen molar-refractivity contribution in [3.8, 4) is 17.5 Å². The summed E-state index contributed by atoms with van der Waals surface area (Å²) in [6.45, 7) is 6.22. The van der Waals surface area contributed by atoms with Crippen LogP contribution in [0.5, 0.6) is 17.5 Å². The van der Waals surface area contributed by atoms with Gasteiger partial charge < -0.3 is 34.2 Å². The number of amides is 4. The van der Waals surface area contributed by atoms with Gasteiger partial charge in [0.05, 0.1) is 49.7 Å². The molecule has 0 unspecified atom stereocenters. The van der Waals surface area contributed by atoms with Crippen molar-refractivity contribution in [2.45, 2.75) is 58.4 Å². The van der Waals surface area contributed by atoms with Crippen molar-refractivity contribution in [3.05, 3.63) is 80.8 Å². The number of nitrogens with zero attached hydrogens (tertiary/aromatic N) is 7. The summed E-state index contributed by atoms with van der Waals surface area (Å²) in [5.74, 6) is -2.04. The number of halogens is 1. The smallest absolute Gasteiger partial charge is 0.314 e. The van der Waals surface area contributed by atoms with Gasteiger partial charge in [-0.2, -0.15) is 4.98 Å².